The molecule has 5 nitrogen and oxygen atoms in total. The second kappa shape index (κ2) is 8.35. The predicted molar refractivity (Wildman–Crippen MR) is 126 cm³/mol. The highest BCUT2D eigenvalue weighted by molar-refractivity contribution is 6.07. The zero-order valence-electron chi connectivity index (χ0n) is 18.4. The van der Waals surface area contributed by atoms with E-state index in [1.54, 1.807) is 10.6 Å². The summed E-state index contributed by atoms with van der Waals surface area (Å²) in [6, 6.07) is 18.1. The van der Waals surface area contributed by atoms with Crippen molar-refractivity contribution in [3.05, 3.63) is 83.3 Å². The lowest BCUT2D eigenvalue weighted by Gasteiger charge is -2.33. The molecule has 168 valence electrons. The largest absolute Gasteiger partial charge is 0.480 e. The van der Waals surface area contributed by atoms with Crippen LogP contribution in [0.3, 0.4) is 0 Å². The first kappa shape index (κ1) is 21.2. The van der Waals surface area contributed by atoms with Crippen molar-refractivity contribution in [2.45, 2.75) is 32.2 Å². The SMILES string of the molecule is Cc1c(C2CCCN(C(=O)c3cccc4ccccc34)C2)c2cc(F)ccc2n1CC(=O)O. The molecule has 0 radical (unpaired) electrons. The molecular weight excluding hydrogens is 419 g/mol. The molecule has 1 amide bonds. The summed E-state index contributed by atoms with van der Waals surface area (Å²) in [6.45, 7) is 2.90. The first-order chi connectivity index (χ1) is 15.9. The van der Waals surface area contributed by atoms with E-state index >= 15 is 0 Å². The number of carboxylic acids is 1. The van der Waals surface area contributed by atoms with Gasteiger partial charge < -0.3 is 14.6 Å². The lowest BCUT2D eigenvalue weighted by Crippen LogP contribution is -2.39. The number of benzene rings is 3. The van der Waals surface area contributed by atoms with Crippen molar-refractivity contribution in [3.63, 3.8) is 0 Å². The Bertz CT molecular complexity index is 1390. The van der Waals surface area contributed by atoms with Crippen molar-refractivity contribution in [2.75, 3.05) is 13.1 Å². The number of rotatable bonds is 4. The number of carboxylic acid groups (broad SMARTS) is 1. The molecule has 1 fully saturated rings. The van der Waals surface area contributed by atoms with Crippen molar-refractivity contribution in [1.29, 1.82) is 0 Å². The lowest BCUT2D eigenvalue weighted by atomic mass is 9.88. The Hall–Kier alpha value is -3.67. The van der Waals surface area contributed by atoms with Crippen molar-refractivity contribution in [3.8, 4) is 0 Å². The number of halogens is 1. The van der Waals surface area contributed by atoms with Crippen LogP contribution in [-0.2, 0) is 11.3 Å². The van der Waals surface area contributed by atoms with E-state index in [-0.39, 0.29) is 24.2 Å². The smallest absolute Gasteiger partial charge is 0.323 e. The van der Waals surface area contributed by atoms with Gasteiger partial charge in [0.15, 0.2) is 0 Å². The summed E-state index contributed by atoms with van der Waals surface area (Å²) in [4.78, 5) is 26.9. The van der Waals surface area contributed by atoms with Crippen molar-refractivity contribution in [1.82, 2.24) is 9.47 Å². The van der Waals surface area contributed by atoms with E-state index in [9.17, 15) is 19.1 Å². The molecule has 6 heteroatoms. The molecule has 3 aromatic carbocycles. The monoisotopic (exact) mass is 444 g/mol. The number of fused-ring (bicyclic) bond motifs is 2. The van der Waals surface area contributed by atoms with Crippen LogP contribution in [0.1, 0.15) is 40.4 Å². The Labute approximate surface area is 191 Å². The van der Waals surface area contributed by atoms with Gasteiger partial charge in [-0.2, -0.15) is 0 Å². The topological polar surface area (TPSA) is 62.5 Å². The van der Waals surface area contributed by atoms with Crippen LogP contribution in [0, 0.1) is 12.7 Å². The Kier molecular flexibility index (Phi) is 5.36. The molecule has 4 aromatic rings. The number of likely N-dealkylation sites (tertiary alicyclic amines) is 1. The van der Waals surface area contributed by atoms with Crippen LogP contribution >= 0.6 is 0 Å². The normalized spacial score (nSPS) is 16.4. The van der Waals surface area contributed by atoms with Gasteiger partial charge in [0.1, 0.15) is 12.4 Å². The van der Waals surface area contributed by atoms with E-state index in [0.717, 1.165) is 40.3 Å². The van der Waals surface area contributed by atoms with Gasteiger partial charge in [-0.1, -0.05) is 36.4 Å². The Morgan fingerprint density at radius 3 is 2.67 bits per heavy atom. The second-order valence-electron chi connectivity index (χ2n) is 8.76. The van der Waals surface area contributed by atoms with Crippen LogP contribution in [-0.4, -0.2) is 39.5 Å². The minimum absolute atomic E-state index is 0.00499. The number of aromatic nitrogens is 1. The fraction of sp³-hybridized carbons (Fsp3) is 0.259. The fourth-order valence-electron chi connectivity index (χ4n) is 5.31. The van der Waals surface area contributed by atoms with Gasteiger partial charge in [0.05, 0.1) is 0 Å². The molecule has 1 aromatic heterocycles. The number of aliphatic carboxylic acids is 1. The molecule has 1 unspecified atom stereocenters. The summed E-state index contributed by atoms with van der Waals surface area (Å²) in [5.41, 5.74) is 3.16. The van der Waals surface area contributed by atoms with Gasteiger partial charge in [-0.25, -0.2) is 4.39 Å². The van der Waals surface area contributed by atoms with Crippen LogP contribution in [0.15, 0.2) is 60.7 Å². The van der Waals surface area contributed by atoms with Crippen molar-refractivity contribution >= 4 is 33.6 Å². The highest BCUT2D eigenvalue weighted by Gasteiger charge is 2.30. The van der Waals surface area contributed by atoms with Gasteiger partial charge in [-0.3, -0.25) is 9.59 Å². The molecule has 1 aliphatic heterocycles. The molecule has 1 saturated heterocycles. The molecule has 0 spiro atoms. The average molecular weight is 445 g/mol. The summed E-state index contributed by atoms with van der Waals surface area (Å²) in [7, 11) is 0. The third-order valence-corrected chi connectivity index (χ3v) is 6.76. The highest BCUT2D eigenvalue weighted by Crippen LogP contribution is 2.37. The number of hydrogen-bond acceptors (Lipinski definition) is 2. The summed E-state index contributed by atoms with van der Waals surface area (Å²) in [5.74, 6) is -1.29. The molecule has 0 aliphatic carbocycles. The molecular formula is C27H25FN2O3. The van der Waals surface area contributed by atoms with Crippen LogP contribution in [0.2, 0.25) is 0 Å². The molecule has 1 N–H and O–H groups in total. The summed E-state index contributed by atoms with van der Waals surface area (Å²) in [6.07, 6.45) is 1.70. The summed E-state index contributed by atoms with van der Waals surface area (Å²) < 4.78 is 15.9. The number of nitrogens with zero attached hydrogens (tertiary/aromatic N) is 2. The Balaban J connectivity index is 1.53. The molecule has 0 bridgehead atoms. The average Bonchev–Trinajstić information content (AvgIpc) is 3.08. The Morgan fingerprint density at radius 1 is 1.06 bits per heavy atom. The van der Waals surface area contributed by atoms with E-state index in [1.807, 2.05) is 54.3 Å². The fourth-order valence-corrected chi connectivity index (χ4v) is 5.31. The van der Waals surface area contributed by atoms with E-state index in [4.69, 9.17) is 0 Å². The van der Waals surface area contributed by atoms with Crippen molar-refractivity contribution in [2.24, 2.45) is 0 Å². The van der Waals surface area contributed by atoms with Gasteiger partial charge in [0, 0.05) is 41.2 Å². The van der Waals surface area contributed by atoms with E-state index in [1.165, 1.54) is 12.1 Å². The predicted octanol–water partition coefficient (Wildman–Crippen LogP) is 5.35. The first-order valence-electron chi connectivity index (χ1n) is 11.2. The van der Waals surface area contributed by atoms with E-state index in [2.05, 4.69) is 0 Å². The third kappa shape index (κ3) is 3.75. The van der Waals surface area contributed by atoms with Crippen LogP contribution in [0.4, 0.5) is 4.39 Å². The lowest BCUT2D eigenvalue weighted by molar-refractivity contribution is -0.137. The third-order valence-electron chi connectivity index (χ3n) is 6.76. The van der Waals surface area contributed by atoms with Crippen LogP contribution in [0.5, 0.6) is 0 Å². The quantitative estimate of drug-likeness (QED) is 0.462. The zero-order chi connectivity index (χ0) is 23.1. The first-order valence-corrected chi connectivity index (χ1v) is 11.2. The number of hydrogen-bond donors (Lipinski definition) is 1. The molecule has 0 saturated carbocycles. The standard InChI is InChI=1S/C27H25FN2O3/c1-17-26(23-14-20(28)11-12-24(23)30(17)16-25(31)32)19-8-5-13-29(15-19)27(33)22-10-4-7-18-6-2-3-9-21(18)22/h2-4,6-7,9-12,14,19H,5,8,13,15-16H2,1H3,(H,31,32). The maximum Gasteiger partial charge on any atom is 0.323 e. The van der Waals surface area contributed by atoms with Gasteiger partial charge in [0.25, 0.3) is 5.91 Å². The number of carbonyl (C=O) groups is 2. The number of carbonyl (C=O) groups excluding carboxylic acids is 1. The molecule has 2 heterocycles. The number of piperidine rings is 1. The van der Waals surface area contributed by atoms with Gasteiger partial charge in [0.2, 0.25) is 0 Å². The van der Waals surface area contributed by atoms with E-state index < -0.39 is 5.97 Å². The maximum absolute atomic E-state index is 14.2. The summed E-state index contributed by atoms with van der Waals surface area (Å²) in [5, 5.41) is 12.1. The van der Waals surface area contributed by atoms with Gasteiger partial charge in [-0.15, -0.1) is 0 Å². The molecule has 5 rings (SSSR count). The summed E-state index contributed by atoms with van der Waals surface area (Å²) >= 11 is 0. The minimum atomic E-state index is -0.942. The van der Waals surface area contributed by atoms with Gasteiger partial charge in [-0.05, 0) is 60.4 Å². The highest BCUT2D eigenvalue weighted by atomic mass is 19.1. The van der Waals surface area contributed by atoms with Crippen LogP contribution in [0.25, 0.3) is 21.7 Å². The number of amides is 1. The molecule has 1 atom stereocenters. The van der Waals surface area contributed by atoms with Crippen LogP contribution < -0.4 is 0 Å². The van der Waals surface area contributed by atoms with Crippen molar-refractivity contribution < 1.29 is 19.1 Å². The second-order valence-corrected chi connectivity index (χ2v) is 8.76. The Morgan fingerprint density at radius 2 is 1.85 bits per heavy atom. The minimum Gasteiger partial charge on any atom is -0.480 e. The van der Waals surface area contributed by atoms with E-state index in [0.29, 0.717) is 24.2 Å². The molecule has 1 aliphatic rings. The maximum atomic E-state index is 14.2. The molecule has 33 heavy (non-hydrogen) atoms. The van der Waals surface area contributed by atoms with Gasteiger partial charge >= 0.3 is 5.97 Å². The zero-order valence-corrected chi connectivity index (χ0v) is 18.4.